The summed E-state index contributed by atoms with van der Waals surface area (Å²) in [7, 11) is 0. The molecule has 0 N–H and O–H groups in total. The van der Waals surface area contributed by atoms with Gasteiger partial charge in [-0.25, -0.2) is 4.39 Å². The predicted molar refractivity (Wildman–Crippen MR) is 119 cm³/mol. The molecule has 0 spiro atoms. The quantitative estimate of drug-likeness (QED) is 0.549. The van der Waals surface area contributed by atoms with Crippen LogP contribution >= 0.6 is 0 Å². The van der Waals surface area contributed by atoms with E-state index in [1.165, 1.54) is 37.8 Å². The number of aromatic nitrogens is 1. The molecule has 1 aromatic heterocycles. The normalized spacial score (nSPS) is 34.9. The maximum absolute atomic E-state index is 13.5. The highest BCUT2D eigenvalue weighted by molar-refractivity contribution is 5.79. The molecule has 2 aromatic rings. The predicted octanol–water partition coefficient (Wildman–Crippen LogP) is 6.30. The van der Waals surface area contributed by atoms with Crippen molar-refractivity contribution in [3.8, 4) is 11.1 Å². The average molecular weight is 420 g/mol. The summed E-state index contributed by atoms with van der Waals surface area (Å²) in [6.45, 7) is 4.19. The third kappa shape index (κ3) is 3.60. The summed E-state index contributed by atoms with van der Waals surface area (Å²) in [4.78, 5) is 17.3. The molecule has 2 heterocycles. The van der Waals surface area contributed by atoms with Gasteiger partial charge >= 0.3 is 5.97 Å². The van der Waals surface area contributed by atoms with E-state index in [-0.39, 0.29) is 29.2 Å². The van der Waals surface area contributed by atoms with Crippen molar-refractivity contribution in [1.82, 2.24) is 4.98 Å². The second kappa shape index (κ2) is 7.89. The molecule has 162 valence electrons. The minimum Gasteiger partial charge on any atom is -0.462 e. The Hall–Kier alpha value is -2.49. The fraction of sp³-hybridized carbons (Fsp3) is 0.481. The molecule has 2 aliphatic carbocycles. The zero-order valence-corrected chi connectivity index (χ0v) is 18.3. The topological polar surface area (TPSA) is 39.2 Å². The summed E-state index contributed by atoms with van der Waals surface area (Å²) in [5.74, 6) is 1.52. The SMILES string of the molecule is C[C@H]1OC(=O)[C@]2(C)CC3CCCCC3C(/C=C/c3ccc(-c4cccc(F)c4)cn3)[C@H]12. The van der Waals surface area contributed by atoms with Crippen LogP contribution in [0.15, 0.2) is 48.7 Å². The van der Waals surface area contributed by atoms with Gasteiger partial charge in [-0.15, -0.1) is 0 Å². The van der Waals surface area contributed by atoms with Crippen molar-refractivity contribution in [2.45, 2.75) is 52.1 Å². The lowest BCUT2D eigenvalue weighted by Crippen LogP contribution is -2.48. The lowest BCUT2D eigenvalue weighted by molar-refractivity contribution is -0.149. The highest BCUT2D eigenvalue weighted by atomic mass is 19.1. The van der Waals surface area contributed by atoms with Gasteiger partial charge in [-0.2, -0.15) is 0 Å². The standard InChI is InChI=1S/C27H30FNO2/c1-17-25-24(23-9-4-3-6-19(23)15-27(25,2)26(30)31-17)13-12-22-11-10-20(16-29-22)18-7-5-8-21(28)14-18/h5,7-8,10-14,16-17,19,23-25H,3-4,6,9,15H2,1-2H3/b13-12+/t17-,19?,23?,24?,25+,27-/m1/s1. The van der Waals surface area contributed by atoms with Crippen LogP contribution in [0.25, 0.3) is 17.2 Å². The van der Waals surface area contributed by atoms with E-state index in [0.717, 1.165) is 23.2 Å². The van der Waals surface area contributed by atoms with Gasteiger partial charge in [-0.05, 0) is 74.3 Å². The summed E-state index contributed by atoms with van der Waals surface area (Å²) in [5, 5.41) is 0. The van der Waals surface area contributed by atoms with E-state index in [1.54, 1.807) is 12.3 Å². The van der Waals surface area contributed by atoms with E-state index in [2.05, 4.69) is 31.0 Å². The summed E-state index contributed by atoms with van der Waals surface area (Å²) in [6.07, 6.45) is 12.1. The smallest absolute Gasteiger partial charge is 0.312 e. The minimum absolute atomic E-state index is 0.00926. The Morgan fingerprint density at radius 2 is 2.00 bits per heavy atom. The number of carbonyl (C=O) groups excluding carboxylic acids is 1. The molecule has 0 radical (unpaired) electrons. The maximum atomic E-state index is 13.5. The molecule has 5 rings (SSSR count). The number of halogens is 1. The van der Waals surface area contributed by atoms with Crippen LogP contribution in [0.1, 0.15) is 51.6 Å². The number of benzene rings is 1. The number of rotatable bonds is 3. The highest BCUT2D eigenvalue weighted by Crippen LogP contribution is 2.59. The van der Waals surface area contributed by atoms with Crippen molar-refractivity contribution in [2.75, 3.05) is 0 Å². The largest absolute Gasteiger partial charge is 0.462 e. The van der Waals surface area contributed by atoms with Crippen molar-refractivity contribution < 1.29 is 13.9 Å². The number of cyclic esters (lactones) is 1. The van der Waals surface area contributed by atoms with E-state index in [1.807, 2.05) is 18.2 Å². The van der Waals surface area contributed by atoms with Crippen LogP contribution in [-0.2, 0) is 9.53 Å². The van der Waals surface area contributed by atoms with E-state index in [0.29, 0.717) is 17.8 Å². The number of hydrogen-bond acceptors (Lipinski definition) is 3. The Kier molecular flexibility index (Phi) is 5.19. The Balaban J connectivity index is 1.42. The Bertz CT molecular complexity index is 1000. The van der Waals surface area contributed by atoms with E-state index in [4.69, 9.17) is 4.74 Å². The number of esters is 1. The molecule has 0 amide bonds. The first-order valence-corrected chi connectivity index (χ1v) is 11.6. The first-order chi connectivity index (χ1) is 15.0. The van der Waals surface area contributed by atoms with Crippen molar-refractivity contribution >= 4 is 12.0 Å². The van der Waals surface area contributed by atoms with Crippen molar-refractivity contribution in [3.63, 3.8) is 0 Å². The van der Waals surface area contributed by atoms with Crippen LogP contribution in [0, 0.1) is 34.9 Å². The van der Waals surface area contributed by atoms with Gasteiger partial charge in [-0.1, -0.05) is 43.5 Å². The lowest BCUT2D eigenvalue weighted by Gasteiger charge is -2.49. The molecule has 3 fully saturated rings. The third-order valence-corrected chi connectivity index (χ3v) is 8.00. The van der Waals surface area contributed by atoms with E-state index in [9.17, 15) is 9.18 Å². The Morgan fingerprint density at radius 1 is 1.16 bits per heavy atom. The lowest BCUT2D eigenvalue weighted by atomic mass is 9.52. The number of allylic oxidation sites excluding steroid dienone is 1. The molecule has 6 atom stereocenters. The van der Waals surface area contributed by atoms with Crippen LogP contribution in [0.5, 0.6) is 0 Å². The minimum atomic E-state index is -0.373. The zero-order valence-electron chi connectivity index (χ0n) is 18.3. The van der Waals surface area contributed by atoms with Gasteiger partial charge in [0.25, 0.3) is 0 Å². The van der Waals surface area contributed by atoms with Gasteiger partial charge in [0, 0.05) is 17.7 Å². The highest BCUT2D eigenvalue weighted by Gasteiger charge is 2.60. The summed E-state index contributed by atoms with van der Waals surface area (Å²) >= 11 is 0. The fourth-order valence-electron chi connectivity index (χ4n) is 6.61. The molecule has 4 heteroatoms. The molecule has 3 nitrogen and oxygen atoms in total. The van der Waals surface area contributed by atoms with Gasteiger partial charge in [0.2, 0.25) is 0 Å². The second-order valence-electron chi connectivity index (χ2n) is 9.88. The molecule has 3 unspecified atom stereocenters. The monoisotopic (exact) mass is 419 g/mol. The molecular weight excluding hydrogens is 389 g/mol. The van der Waals surface area contributed by atoms with Crippen LogP contribution in [0.4, 0.5) is 4.39 Å². The fourth-order valence-corrected chi connectivity index (χ4v) is 6.61. The van der Waals surface area contributed by atoms with Crippen molar-refractivity contribution in [3.05, 3.63) is 60.2 Å². The number of hydrogen-bond donors (Lipinski definition) is 0. The van der Waals surface area contributed by atoms with Crippen LogP contribution in [0.3, 0.4) is 0 Å². The summed E-state index contributed by atoms with van der Waals surface area (Å²) < 4.78 is 19.3. The van der Waals surface area contributed by atoms with Crippen LogP contribution < -0.4 is 0 Å². The van der Waals surface area contributed by atoms with Gasteiger partial charge in [0.15, 0.2) is 0 Å². The van der Waals surface area contributed by atoms with Gasteiger partial charge < -0.3 is 4.74 Å². The number of carbonyl (C=O) groups is 1. The zero-order chi connectivity index (χ0) is 21.6. The molecule has 0 bridgehead atoms. The molecule has 1 aromatic carbocycles. The average Bonchev–Trinajstić information content (AvgIpc) is 2.99. The first-order valence-electron chi connectivity index (χ1n) is 11.6. The van der Waals surface area contributed by atoms with Crippen LogP contribution in [0.2, 0.25) is 0 Å². The van der Waals surface area contributed by atoms with Gasteiger partial charge in [0.1, 0.15) is 11.9 Å². The number of nitrogens with zero attached hydrogens (tertiary/aromatic N) is 1. The summed E-state index contributed by atoms with van der Waals surface area (Å²) in [6, 6.07) is 10.5. The van der Waals surface area contributed by atoms with Crippen molar-refractivity contribution in [2.24, 2.45) is 29.1 Å². The first kappa shape index (κ1) is 20.4. The molecular formula is C27H30FNO2. The molecule has 31 heavy (non-hydrogen) atoms. The van der Waals surface area contributed by atoms with Crippen molar-refractivity contribution in [1.29, 1.82) is 0 Å². The third-order valence-electron chi connectivity index (χ3n) is 8.00. The van der Waals surface area contributed by atoms with Gasteiger partial charge in [0.05, 0.1) is 11.1 Å². The molecule has 1 aliphatic heterocycles. The number of ether oxygens (including phenoxy) is 1. The molecule has 2 saturated carbocycles. The maximum Gasteiger partial charge on any atom is 0.312 e. The van der Waals surface area contributed by atoms with Gasteiger partial charge in [-0.3, -0.25) is 9.78 Å². The van der Waals surface area contributed by atoms with E-state index >= 15 is 0 Å². The second-order valence-corrected chi connectivity index (χ2v) is 9.88. The van der Waals surface area contributed by atoms with Crippen LogP contribution in [-0.4, -0.2) is 17.1 Å². The Labute approximate surface area is 183 Å². The Morgan fingerprint density at radius 3 is 2.77 bits per heavy atom. The number of fused-ring (bicyclic) bond motifs is 2. The molecule has 1 saturated heterocycles. The molecule has 3 aliphatic rings. The number of pyridine rings is 1. The van der Waals surface area contributed by atoms with E-state index < -0.39 is 0 Å². The summed E-state index contributed by atoms with van der Waals surface area (Å²) in [5.41, 5.74) is 2.24.